The molecule has 1 aliphatic rings. The largest absolute Gasteiger partial charge is 0.465 e. The van der Waals surface area contributed by atoms with Crippen molar-refractivity contribution in [3.63, 3.8) is 0 Å². The average molecular weight is 332 g/mol. The lowest BCUT2D eigenvalue weighted by molar-refractivity contribution is -0.146. The average Bonchev–Trinajstić information content (AvgIpc) is 2.48. The summed E-state index contributed by atoms with van der Waals surface area (Å²) in [4.78, 5) is 25.9. The molecule has 0 radical (unpaired) electrons. The maximum atomic E-state index is 12.6. The van der Waals surface area contributed by atoms with Gasteiger partial charge in [0.2, 0.25) is 15.5 Å². The quantitative estimate of drug-likeness (QED) is 0.782. The van der Waals surface area contributed by atoms with Crippen molar-refractivity contribution in [1.29, 1.82) is 0 Å². The van der Waals surface area contributed by atoms with Crippen molar-refractivity contribution in [2.45, 2.75) is 17.9 Å². The first-order chi connectivity index (χ1) is 9.98. The zero-order valence-corrected chi connectivity index (χ0v) is 13.1. The number of nitrogens with one attached hydrogen (secondary N) is 1. The Morgan fingerprint density at radius 1 is 1.57 bits per heavy atom. The lowest BCUT2D eigenvalue weighted by atomic mass is 10.3. The summed E-state index contributed by atoms with van der Waals surface area (Å²) in [6, 6.07) is 0.249. The molecule has 0 spiro atoms. The second kappa shape index (κ2) is 6.63. The summed E-state index contributed by atoms with van der Waals surface area (Å²) >= 11 is 1.48. The molecule has 0 bridgehead atoms. The molecule has 0 aliphatic carbocycles. The number of hydrogen-bond donors (Lipinski definition) is 1. The van der Waals surface area contributed by atoms with E-state index >= 15 is 0 Å². The highest BCUT2D eigenvalue weighted by atomic mass is 32.2. The van der Waals surface area contributed by atoms with Crippen molar-refractivity contribution in [3.8, 4) is 0 Å². The Morgan fingerprint density at radius 2 is 2.33 bits per heavy atom. The highest BCUT2D eigenvalue weighted by Crippen LogP contribution is 2.23. The smallest absolute Gasteiger partial charge is 0.325 e. The molecule has 0 amide bonds. The van der Waals surface area contributed by atoms with Gasteiger partial charge in [-0.25, -0.2) is 8.42 Å². The van der Waals surface area contributed by atoms with Crippen LogP contribution in [0, 0.1) is 0 Å². The zero-order valence-electron chi connectivity index (χ0n) is 11.4. The number of aromatic amines is 1. The number of thioether (sulfide) groups is 1. The van der Waals surface area contributed by atoms with Crippen LogP contribution in [0.3, 0.4) is 0 Å². The maximum absolute atomic E-state index is 12.6. The van der Waals surface area contributed by atoms with Crippen LogP contribution in [0.4, 0.5) is 0 Å². The number of ether oxygens (including phenoxy) is 1. The number of pyridine rings is 1. The molecule has 1 fully saturated rings. The molecule has 7 nitrogen and oxygen atoms in total. The molecule has 116 valence electrons. The molecule has 1 N–H and O–H groups in total. The number of sulfonamides is 1. The summed E-state index contributed by atoms with van der Waals surface area (Å²) < 4.78 is 31.2. The third kappa shape index (κ3) is 3.30. The maximum Gasteiger partial charge on any atom is 0.325 e. The molecule has 1 saturated heterocycles. The first kappa shape index (κ1) is 16.1. The lowest BCUT2D eigenvalue weighted by Gasteiger charge is -2.32. The second-order valence-electron chi connectivity index (χ2n) is 4.33. The molecule has 1 aromatic rings. The number of aromatic nitrogens is 1. The van der Waals surface area contributed by atoms with Crippen molar-refractivity contribution in [3.05, 3.63) is 28.7 Å². The molecule has 0 aromatic carbocycles. The molecule has 1 aliphatic heterocycles. The molecule has 1 unspecified atom stereocenters. The third-order valence-corrected chi connectivity index (χ3v) is 5.96. The highest BCUT2D eigenvalue weighted by Gasteiger charge is 2.39. The van der Waals surface area contributed by atoms with E-state index in [0.29, 0.717) is 11.5 Å². The molecule has 2 heterocycles. The summed E-state index contributed by atoms with van der Waals surface area (Å²) in [6.45, 7) is 2.01. The fourth-order valence-electron chi connectivity index (χ4n) is 2.03. The minimum atomic E-state index is -4.03. The molecule has 9 heteroatoms. The van der Waals surface area contributed by atoms with Gasteiger partial charge < -0.3 is 9.72 Å². The molecule has 1 atom stereocenters. The van der Waals surface area contributed by atoms with Crippen molar-refractivity contribution >= 4 is 27.8 Å². The van der Waals surface area contributed by atoms with Crippen LogP contribution < -0.4 is 5.43 Å². The van der Waals surface area contributed by atoms with Gasteiger partial charge in [-0.15, -0.1) is 0 Å². The van der Waals surface area contributed by atoms with Crippen molar-refractivity contribution < 1.29 is 17.9 Å². The van der Waals surface area contributed by atoms with Gasteiger partial charge in [0, 0.05) is 36.5 Å². The van der Waals surface area contributed by atoms with E-state index in [-0.39, 0.29) is 18.0 Å². The van der Waals surface area contributed by atoms with E-state index in [1.807, 2.05) is 0 Å². The van der Waals surface area contributed by atoms with E-state index < -0.39 is 27.5 Å². The van der Waals surface area contributed by atoms with Gasteiger partial charge in [0.05, 0.1) is 6.61 Å². The van der Waals surface area contributed by atoms with Gasteiger partial charge >= 0.3 is 5.97 Å². The summed E-state index contributed by atoms with van der Waals surface area (Å²) in [7, 11) is -4.03. The third-order valence-electron chi connectivity index (χ3n) is 3.01. The van der Waals surface area contributed by atoms with E-state index in [9.17, 15) is 18.0 Å². The van der Waals surface area contributed by atoms with Crippen LogP contribution >= 0.6 is 11.8 Å². The Bertz CT molecular complexity index is 670. The van der Waals surface area contributed by atoms with E-state index in [1.165, 1.54) is 18.0 Å². The minimum absolute atomic E-state index is 0.171. The summed E-state index contributed by atoms with van der Waals surface area (Å²) in [5.74, 6) is 0.309. The zero-order chi connectivity index (χ0) is 15.5. The van der Waals surface area contributed by atoms with Gasteiger partial charge in [-0.05, 0) is 6.92 Å². The Balaban J connectivity index is 2.39. The summed E-state index contributed by atoms with van der Waals surface area (Å²) in [5.41, 5.74) is -0.602. The Hall–Kier alpha value is -1.32. The number of carbonyl (C=O) groups excluding carboxylic acids is 1. The normalized spacial score (nSPS) is 20.1. The minimum Gasteiger partial charge on any atom is -0.465 e. The van der Waals surface area contributed by atoms with E-state index in [4.69, 9.17) is 4.74 Å². The van der Waals surface area contributed by atoms with Crippen molar-refractivity contribution in [2.24, 2.45) is 0 Å². The van der Waals surface area contributed by atoms with Crippen molar-refractivity contribution in [2.75, 3.05) is 24.7 Å². The predicted octanol–water partition coefficient (Wildman–Crippen LogP) is 0.0441. The van der Waals surface area contributed by atoms with Crippen LogP contribution in [0.25, 0.3) is 0 Å². The SMILES string of the molecule is CCOC(=O)C1CSCCN1S(=O)(=O)c1c[nH]ccc1=O. The van der Waals surface area contributed by atoms with Gasteiger partial charge in [0.1, 0.15) is 10.9 Å². The van der Waals surface area contributed by atoms with Crippen LogP contribution in [-0.2, 0) is 19.6 Å². The van der Waals surface area contributed by atoms with Crippen LogP contribution in [0.1, 0.15) is 6.92 Å². The standard InChI is InChI=1S/C12H16N2O5S2/c1-2-19-12(16)9-8-20-6-5-14(9)21(17,18)11-7-13-4-3-10(11)15/h3-4,7,9H,2,5-6,8H2,1H3,(H,13,15). The Morgan fingerprint density at radius 3 is 3.00 bits per heavy atom. The predicted molar refractivity (Wildman–Crippen MR) is 78.7 cm³/mol. The molecule has 1 aromatic heterocycles. The fourth-order valence-corrected chi connectivity index (χ4v) is 4.89. The van der Waals surface area contributed by atoms with E-state index in [2.05, 4.69) is 4.98 Å². The Labute approximate surface area is 126 Å². The number of esters is 1. The van der Waals surface area contributed by atoms with Crippen LogP contribution in [-0.4, -0.2) is 54.4 Å². The second-order valence-corrected chi connectivity index (χ2v) is 7.34. The van der Waals surface area contributed by atoms with Crippen LogP contribution in [0.15, 0.2) is 28.2 Å². The van der Waals surface area contributed by atoms with E-state index in [1.54, 1.807) is 6.92 Å². The fraction of sp³-hybridized carbons (Fsp3) is 0.500. The molecule has 21 heavy (non-hydrogen) atoms. The first-order valence-electron chi connectivity index (χ1n) is 6.41. The number of hydrogen-bond acceptors (Lipinski definition) is 6. The molecular formula is C12H16N2O5S2. The highest BCUT2D eigenvalue weighted by molar-refractivity contribution is 7.99. The van der Waals surface area contributed by atoms with Gasteiger partial charge in [-0.2, -0.15) is 16.1 Å². The van der Waals surface area contributed by atoms with Gasteiger partial charge in [-0.3, -0.25) is 9.59 Å². The number of nitrogens with zero attached hydrogens (tertiary/aromatic N) is 1. The number of H-pyrrole nitrogens is 1. The molecule has 2 rings (SSSR count). The summed E-state index contributed by atoms with van der Waals surface area (Å²) in [5, 5.41) is 0. The Kier molecular flexibility index (Phi) is 5.07. The van der Waals surface area contributed by atoms with Gasteiger partial charge in [-0.1, -0.05) is 0 Å². The molecular weight excluding hydrogens is 316 g/mol. The lowest BCUT2D eigenvalue weighted by Crippen LogP contribution is -2.51. The van der Waals surface area contributed by atoms with Crippen LogP contribution in [0.5, 0.6) is 0 Å². The topological polar surface area (TPSA) is 96.5 Å². The van der Waals surface area contributed by atoms with Gasteiger partial charge in [0.15, 0.2) is 0 Å². The molecule has 0 saturated carbocycles. The number of carbonyl (C=O) groups is 1. The number of rotatable bonds is 4. The monoisotopic (exact) mass is 332 g/mol. The van der Waals surface area contributed by atoms with Gasteiger partial charge in [0.25, 0.3) is 0 Å². The van der Waals surface area contributed by atoms with Crippen molar-refractivity contribution in [1.82, 2.24) is 9.29 Å². The summed E-state index contributed by atoms with van der Waals surface area (Å²) in [6.07, 6.45) is 2.50. The first-order valence-corrected chi connectivity index (χ1v) is 9.01. The van der Waals surface area contributed by atoms with Crippen LogP contribution in [0.2, 0.25) is 0 Å². The van der Waals surface area contributed by atoms with E-state index in [0.717, 1.165) is 16.6 Å².